The van der Waals surface area contributed by atoms with Gasteiger partial charge in [-0.05, 0) is 40.7 Å². The van der Waals surface area contributed by atoms with E-state index in [0.29, 0.717) is 11.8 Å². The van der Waals surface area contributed by atoms with Gasteiger partial charge in [0.25, 0.3) is 0 Å². The van der Waals surface area contributed by atoms with E-state index in [2.05, 4.69) is 60.7 Å². The molecule has 0 spiro atoms. The highest BCUT2D eigenvalue weighted by Gasteiger charge is 2.25. The third kappa shape index (κ3) is 1.38. The molecular weight excluding hydrogens is 216 g/mol. The maximum Gasteiger partial charge on any atom is 0.00906 e. The van der Waals surface area contributed by atoms with Crippen molar-refractivity contribution in [1.82, 2.24) is 0 Å². The molecule has 0 saturated carbocycles. The van der Waals surface area contributed by atoms with Crippen LogP contribution in [0.15, 0.2) is 54.6 Å². The Kier molecular flexibility index (Phi) is 2.16. The lowest BCUT2D eigenvalue weighted by atomic mass is 9.79. The standard InChI is InChI=1S/C18H16/c1-2-6-13(5-1)16-12-11-15-8-3-7-14-9-4-10-17(16)18(14)15/h1,3-5,7-13,16H,2,6H2. The van der Waals surface area contributed by atoms with E-state index < -0.39 is 0 Å². The summed E-state index contributed by atoms with van der Waals surface area (Å²) < 4.78 is 0. The Morgan fingerprint density at radius 1 is 0.944 bits per heavy atom. The van der Waals surface area contributed by atoms with E-state index >= 15 is 0 Å². The molecule has 0 bridgehead atoms. The van der Waals surface area contributed by atoms with E-state index in [1.54, 1.807) is 0 Å². The lowest BCUT2D eigenvalue weighted by molar-refractivity contribution is 0.573. The first kappa shape index (κ1) is 10.1. The first-order valence-corrected chi connectivity index (χ1v) is 6.80. The summed E-state index contributed by atoms with van der Waals surface area (Å²) in [4.78, 5) is 0. The Labute approximate surface area is 108 Å². The molecule has 0 amide bonds. The van der Waals surface area contributed by atoms with Crippen molar-refractivity contribution in [1.29, 1.82) is 0 Å². The first-order valence-electron chi connectivity index (χ1n) is 6.80. The van der Waals surface area contributed by atoms with Gasteiger partial charge in [-0.1, -0.05) is 60.7 Å². The molecule has 2 aliphatic rings. The van der Waals surface area contributed by atoms with E-state index in [1.165, 1.54) is 34.7 Å². The predicted molar refractivity (Wildman–Crippen MR) is 77.6 cm³/mol. The topological polar surface area (TPSA) is 0 Å². The molecule has 0 fully saturated rings. The fraction of sp³-hybridized carbons (Fsp3) is 0.222. The van der Waals surface area contributed by atoms with Gasteiger partial charge in [0.1, 0.15) is 0 Å². The van der Waals surface area contributed by atoms with Crippen molar-refractivity contribution in [3.8, 4) is 0 Å². The number of hydrogen-bond donors (Lipinski definition) is 0. The van der Waals surface area contributed by atoms with Crippen molar-refractivity contribution in [3.63, 3.8) is 0 Å². The summed E-state index contributed by atoms with van der Waals surface area (Å²) in [7, 11) is 0. The summed E-state index contributed by atoms with van der Waals surface area (Å²) in [5.74, 6) is 1.27. The Bertz CT molecular complexity index is 656. The van der Waals surface area contributed by atoms with Gasteiger partial charge < -0.3 is 0 Å². The highest BCUT2D eigenvalue weighted by atomic mass is 14.3. The zero-order chi connectivity index (χ0) is 11.9. The monoisotopic (exact) mass is 232 g/mol. The molecule has 2 aromatic rings. The van der Waals surface area contributed by atoms with Crippen LogP contribution in [0.2, 0.25) is 0 Å². The van der Waals surface area contributed by atoms with Crippen molar-refractivity contribution in [2.75, 3.05) is 0 Å². The molecule has 0 nitrogen and oxygen atoms in total. The van der Waals surface area contributed by atoms with Crippen LogP contribution in [0.5, 0.6) is 0 Å². The molecule has 4 rings (SSSR count). The molecule has 2 aliphatic carbocycles. The summed E-state index contributed by atoms with van der Waals surface area (Å²) in [6, 6.07) is 13.3. The fourth-order valence-corrected chi connectivity index (χ4v) is 3.46. The number of rotatable bonds is 1. The van der Waals surface area contributed by atoms with Crippen LogP contribution in [0.3, 0.4) is 0 Å². The maximum absolute atomic E-state index is 2.40. The summed E-state index contributed by atoms with van der Waals surface area (Å²) >= 11 is 0. The van der Waals surface area contributed by atoms with Gasteiger partial charge in [0.05, 0.1) is 0 Å². The Balaban J connectivity index is 1.95. The summed E-state index contributed by atoms with van der Waals surface area (Å²) in [5, 5.41) is 2.84. The SMILES string of the molecule is C1=CC(C2C=Cc3cccc4cccc2c34)CC1. The van der Waals surface area contributed by atoms with Crippen LogP contribution in [0.4, 0.5) is 0 Å². The molecule has 0 aromatic heterocycles. The molecular formula is C18H16. The van der Waals surface area contributed by atoms with Crippen LogP contribution >= 0.6 is 0 Å². The Morgan fingerprint density at radius 3 is 2.67 bits per heavy atom. The minimum absolute atomic E-state index is 0.572. The van der Waals surface area contributed by atoms with Gasteiger partial charge in [0, 0.05) is 5.92 Å². The van der Waals surface area contributed by atoms with Crippen molar-refractivity contribution in [3.05, 3.63) is 65.8 Å². The molecule has 0 radical (unpaired) electrons. The second-order valence-electron chi connectivity index (χ2n) is 5.35. The van der Waals surface area contributed by atoms with Gasteiger partial charge in [-0.25, -0.2) is 0 Å². The van der Waals surface area contributed by atoms with Crippen LogP contribution in [-0.2, 0) is 0 Å². The first-order chi connectivity index (χ1) is 8.93. The molecule has 2 atom stereocenters. The van der Waals surface area contributed by atoms with Gasteiger partial charge in [0.2, 0.25) is 0 Å². The van der Waals surface area contributed by atoms with Crippen LogP contribution in [0.1, 0.15) is 29.9 Å². The van der Waals surface area contributed by atoms with Gasteiger partial charge in [-0.2, -0.15) is 0 Å². The molecule has 18 heavy (non-hydrogen) atoms. The number of benzene rings is 2. The van der Waals surface area contributed by atoms with Crippen molar-refractivity contribution >= 4 is 16.8 Å². The minimum atomic E-state index is 0.572. The molecule has 0 aliphatic heterocycles. The van der Waals surface area contributed by atoms with Crippen LogP contribution < -0.4 is 0 Å². The lowest BCUT2D eigenvalue weighted by Gasteiger charge is -2.25. The second-order valence-corrected chi connectivity index (χ2v) is 5.35. The van der Waals surface area contributed by atoms with Crippen molar-refractivity contribution in [2.45, 2.75) is 18.8 Å². The lowest BCUT2D eigenvalue weighted by Crippen LogP contribution is -2.09. The largest absolute Gasteiger partial charge is 0.0882 e. The minimum Gasteiger partial charge on any atom is -0.0882 e. The van der Waals surface area contributed by atoms with Crippen LogP contribution in [0, 0.1) is 5.92 Å². The van der Waals surface area contributed by atoms with Crippen molar-refractivity contribution in [2.24, 2.45) is 5.92 Å². The molecule has 0 saturated heterocycles. The van der Waals surface area contributed by atoms with Crippen LogP contribution in [0.25, 0.3) is 16.8 Å². The summed E-state index contributed by atoms with van der Waals surface area (Å²) in [5.41, 5.74) is 2.89. The quantitative estimate of drug-likeness (QED) is 0.612. The Morgan fingerprint density at radius 2 is 1.83 bits per heavy atom. The fourth-order valence-electron chi connectivity index (χ4n) is 3.46. The molecule has 2 aromatic carbocycles. The molecule has 0 heterocycles. The van der Waals surface area contributed by atoms with E-state index in [1.807, 2.05) is 0 Å². The molecule has 0 heteroatoms. The highest BCUT2D eigenvalue weighted by Crippen LogP contribution is 2.41. The molecule has 0 N–H and O–H groups in total. The molecule has 2 unspecified atom stereocenters. The number of allylic oxidation sites excluding steroid dienone is 3. The summed E-state index contributed by atoms with van der Waals surface area (Å²) in [6.45, 7) is 0. The van der Waals surface area contributed by atoms with E-state index in [-0.39, 0.29) is 0 Å². The average Bonchev–Trinajstić information content (AvgIpc) is 2.94. The zero-order valence-electron chi connectivity index (χ0n) is 10.3. The predicted octanol–water partition coefficient (Wildman–Crippen LogP) is 4.92. The average molecular weight is 232 g/mol. The highest BCUT2D eigenvalue weighted by molar-refractivity contribution is 5.95. The summed E-state index contributed by atoms with van der Waals surface area (Å²) in [6.07, 6.45) is 12.0. The second kappa shape index (κ2) is 3.84. The smallest absolute Gasteiger partial charge is 0.00906 e. The third-order valence-electron chi connectivity index (χ3n) is 4.32. The van der Waals surface area contributed by atoms with E-state index in [4.69, 9.17) is 0 Å². The van der Waals surface area contributed by atoms with Gasteiger partial charge >= 0.3 is 0 Å². The number of hydrogen-bond acceptors (Lipinski definition) is 0. The van der Waals surface area contributed by atoms with Gasteiger partial charge in [-0.3, -0.25) is 0 Å². The van der Waals surface area contributed by atoms with Gasteiger partial charge in [-0.15, -0.1) is 0 Å². The maximum atomic E-state index is 2.40. The molecule has 88 valence electrons. The van der Waals surface area contributed by atoms with Crippen molar-refractivity contribution < 1.29 is 0 Å². The van der Waals surface area contributed by atoms with Gasteiger partial charge in [0.15, 0.2) is 0 Å². The van der Waals surface area contributed by atoms with E-state index in [0.717, 1.165) is 0 Å². The third-order valence-corrected chi connectivity index (χ3v) is 4.32. The zero-order valence-corrected chi connectivity index (χ0v) is 10.3. The normalized spacial score (nSPS) is 24.9. The van der Waals surface area contributed by atoms with Crippen LogP contribution in [-0.4, -0.2) is 0 Å². The van der Waals surface area contributed by atoms with E-state index in [9.17, 15) is 0 Å². The Hall–Kier alpha value is -1.82.